The lowest BCUT2D eigenvalue weighted by Crippen LogP contribution is -2.56. The van der Waals surface area contributed by atoms with Crippen molar-refractivity contribution in [3.05, 3.63) is 65.2 Å². The Balaban J connectivity index is 1.65. The van der Waals surface area contributed by atoms with Gasteiger partial charge in [0.15, 0.2) is 0 Å². The Morgan fingerprint density at radius 2 is 1.96 bits per heavy atom. The van der Waals surface area contributed by atoms with E-state index in [2.05, 4.69) is 44.0 Å². The number of likely N-dealkylation sites (tertiary alicyclic amines) is 1. The minimum atomic E-state index is 0.121. The van der Waals surface area contributed by atoms with Crippen LogP contribution in [0, 0.1) is 5.92 Å². The molecule has 1 fully saturated rings. The van der Waals surface area contributed by atoms with Crippen molar-refractivity contribution in [3.8, 4) is 0 Å². The molecule has 0 saturated carbocycles. The van der Waals surface area contributed by atoms with Gasteiger partial charge < -0.3 is 4.90 Å². The Bertz CT molecular complexity index is 803. The maximum atomic E-state index is 12.5. The lowest BCUT2D eigenvalue weighted by atomic mass is 9.59. The van der Waals surface area contributed by atoms with Gasteiger partial charge in [0.05, 0.1) is 0 Å². The third-order valence-electron chi connectivity index (χ3n) is 6.48. The van der Waals surface area contributed by atoms with Crippen molar-refractivity contribution in [2.45, 2.75) is 43.0 Å². The van der Waals surface area contributed by atoms with E-state index < -0.39 is 0 Å². The van der Waals surface area contributed by atoms with Crippen molar-refractivity contribution in [1.29, 1.82) is 0 Å². The standard InChI is InChI=1S/C22H25NOS/c1-15-20-13-17-9-10-18(25-21(24)16-7-5-4-6-8-16)14-19(17)22(15,2)11-12-23(20)3/h4-10,14-15,20H,11-13H2,1-3H3/t15-,20-,22+/m0/s1. The summed E-state index contributed by atoms with van der Waals surface area (Å²) in [6, 6.07) is 16.9. The van der Waals surface area contributed by atoms with Crippen LogP contribution in [0.2, 0.25) is 0 Å². The molecule has 0 radical (unpaired) electrons. The van der Waals surface area contributed by atoms with Crippen molar-refractivity contribution < 1.29 is 4.79 Å². The topological polar surface area (TPSA) is 20.3 Å². The SMILES string of the molecule is C[C@H]1[C@@H]2Cc3ccc(SC(=O)c4ccccc4)cc3[C@]1(C)CCN2C. The Labute approximate surface area is 154 Å². The Morgan fingerprint density at radius 3 is 2.72 bits per heavy atom. The molecule has 25 heavy (non-hydrogen) atoms. The number of carbonyl (C=O) groups excluding carboxylic acids is 1. The molecular weight excluding hydrogens is 326 g/mol. The fraction of sp³-hybridized carbons (Fsp3) is 0.409. The van der Waals surface area contributed by atoms with Gasteiger partial charge in [0.1, 0.15) is 0 Å². The Kier molecular flexibility index (Phi) is 4.25. The van der Waals surface area contributed by atoms with E-state index in [4.69, 9.17) is 0 Å². The van der Waals surface area contributed by atoms with Gasteiger partial charge in [-0.15, -0.1) is 0 Å². The molecule has 2 aromatic carbocycles. The zero-order valence-corrected chi connectivity index (χ0v) is 16.0. The summed E-state index contributed by atoms with van der Waals surface area (Å²) in [5.41, 5.74) is 3.92. The first-order valence-electron chi connectivity index (χ1n) is 9.10. The van der Waals surface area contributed by atoms with Gasteiger partial charge in [0, 0.05) is 16.5 Å². The van der Waals surface area contributed by atoms with Crippen LogP contribution in [0.3, 0.4) is 0 Å². The highest BCUT2D eigenvalue weighted by molar-refractivity contribution is 8.14. The fourth-order valence-electron chi connectivity index (χ4n) is 4.62. The van der Waals surface area contributed by atoms with Crippen molar-refractivity contribution in [2.75, 3.05) is 13.6 Å². The van der Waals surface area contributed by atoms with Crippen molar-refractivity contribution in [1.82, 2.24) is 4.90 Å². The van der Waals surface area contributed by atoms with Crippen LogP contribution in [0.1, 0.15) is 41.8 Å². The van der Waals surface area contributed by atoms with E-state index >= 15 is 0 Å². The largest absolute Gasteiger partial charge is 0.303 e. The van der Waals surface area contributed by atoms with Gasteiger partial charge in [0.25, 0.3) is 0 Å². The maximum absolute atomic E-state index is 12.5. The second kappa shape index (κ2) is 6.30. The first kappa shape index (κ1) is 16.9. The summed E-state index contributed by atoms with van der Waals surface area (Å²) in [4.78, 5) is 16.1. The maximum Gasteiger partial charge on any atom is 0.224 e. The Hall–Kier alpha value is -1.58. The average molecular weight is 352 g/mol. The number of fused-ring (bicyclic) bond motifs is 4. The molecule has 0 aromatic heterocycles. The number of nitrogens with zero attached hydrogens (tertiary/aromatic N) is 1. The molecule has 2 bridgehead atoms. The molecule has 130 valence electrons. The first-order valence-corrected chi connectivity index (χ1v) is 9.91. The molecule has 4 rings (SSSR count). The van der Waals surface area contributed by atoms with Gasteiger partial charge >= 0.3 is 0 Å². The van der Waals surface area contributed by atoms with Crippen LogP contribution in [-0.2, 0) is 11.8 Å². The molecule has 1 aliphatic heterocycles. The summed E-state index contributed by atoms with van der Waals surface area (Å²) in [7, 11) is 2.26. The average Bonchev–Trinajstić information content (AvgIpc) is 2.63. The summed E-state index contributed by atoms with van der Waals surface area (Å²) < 4.78 is 0. The number of hydrogen-bond donors (Lipinski definition) is 0. The van der Waals surface area contributed by atoms with E-state index in [1.165, 1.54) is 29.3 Å². The van der Waals surface area contributed by atoms with Gasteiger partial charge in [-0.3, -0.25) is 4.79 Å². The van der Waals surface area contributed by atoms with E-state index in [0.717, 1.165) is 23.4 Å². The smallest absolute Gasteiger partial charge is 0.224 e. The predicted molar refractivity (Wildman–Crippen MR) is 104 cm³/mol. The third kappa shape index (κ3) is 2.84. The molecule has 1 aliphatic carbocycles. The number of rotatable bonds is 2. The predicted octanol–water partition coefficient (Wildman–Crippen LogP) is 4.77. The zero-order valence-electron chi connectivity index (χ0n) is 15.2. The molecule has 0 N–H and O–H groups in total. The Morgan fingerprint density at radius 1 is 1.20 bits per heavy atom. The minimum Gasteiger partial charge on any atom is -0.303 e. The minimum absolute atomic E-state index is 0.121. The molecule has 1 heterocycles. The number of piperidine rings is 1. The molecule has 3 atom stereocenters. The second-order valence-corrected chi connectivity index (χ2v) is 8.83. The molecule has 2 aliphatic rings. The second-order valence-electron chi connectivity index (χ2n) is 7.78. The zero-order chi connectivity index (χ0) is 17.6. The third-order valence-corrected chi connectivity index (χ3v) is 7.39. The van der Waals surface area contributed by atoms with E-state index in [0.29, 0.717) is 12.0 Å². The quantitative estimate of drug-likeness (QED) is 0.727. The number of hydrogen-bond acceptors (Lipinski definition) is 3. The fourth-order valence-corrected chi connectivity index (χ4v) is 5.40. The summed E-state index contributed by atoms with van der Waals surface area (Å²) in [5.74, 6) is 0.642. The number of likely N-dealkylation sites (N-methyl/N-ethyl adjacent to an activating group) is 1. The monoisotopic (exact) mass is 351 g/mol. The van der Waals surface area contributed by atoms with Crippen molar-refractivity contribution in [3.63, 3.8) is 0 Å². The van der Waals surface area contributed by atoms with Gasteiger partial charge in [-0.2, -0.15) is 0 Å². The molecule has 0 spiro atoms. The van der Waals surface area contributed by atoms with Gasteiger partial charge in [-0.25, -0.2) is 0 Å². The highest BCUT2D eigenvalue weighted by atomic mass is 32.2. The summed E-state index contributed by atoms with van der Waals surface area (Å²) >= 11 is 1.35. The molecule has 2 nitrogen and oxygen atoms in total. The lowest BCUT2D eigenvalue weighted by Gasteiger charge is -2.53. The van der Waals surface area contributed by atoms with Crippen molar-refractivity contribution in [2.24, 2.45) is 5.92 Å². The van der Waals surface area contributed by atoms with E-state index in [9.17, 15) is 4.79 Å². The van der Waals surface area contributed by atoms with Gasteiger partial charge in [-0.05, 0) is 72.8 Å². The lowest BCUT2D eigenvalue weighted by molar-refractivity contribution is 0.0506. The molecule has 0 amide bonds. The molecule has 3 heteroatoms. The number of carbonyl (C=O) groups is 1. The number of thioether (sulfide) groups is 1. The summed E-state index contributed by atoms with van der Waals surface area (Å²) in [6.07, 6.45) is 2.31. The van der Waals surface area contributed by atoms with Crippen LogP contribution in [0.25, 0.3) is 0 Å². The van der Waals surface area contributed by atoms with Crippen LogP contribution in [0.15, 0.2) is 53.4 Å². The van der Waals surface area contributed by atoms with Crippen LogP contribution >= 0.6 is 11.8 Å². The van der Waals surface area contributed by atoms with E-state index in [-0.39, 0.29) is 10.5 Å². The molecule has 0 unspecified atom stereocenters. The number of benzene rings is 2. The molecule has 1 saturated heterocycles. The van der Waals surface area contributed by atoms with Gasteiger partial charge in [-0.1, -0.05) is 50.2 Å². The highest BCUT2D eigenvalue weighted by Crippen LogP contribution is 2.49. The van der Waals surface area contributed by atoms with Crippen LogP contribution in [0.4, 0.5) is 0 Å². The molecule has 2 aromatic rings. The van der Waals surface area contributed by atoms with Crippen LogP contribution < -0.4 is 0 Å². The van der Waals surface area contributed by atoms with Crippen molar-refractivity contribution >= 4 is 16.9 Å². The van der Waals surface area contributed by atoms with E-state index in [1.807, 2.05) is 30.3 Å². The first-order chi connectivity index (χ1) is 12.0. The van der Waals surface area contributed by atoms with E-state index in [1.54, 1.807) is 0 Å². The molecular formula is C22H25NOS. The highest BCUT2D eigenvalue weighted by Gasteiger charge is 2.47. The van der Waals surface area contributed by atoms with Crippen LogP contribution in [-0.4, -0.2) is 29.6 Å². The normalized spacial score (nSPS) is 28.4. The van der Waals surface area contributed by atoms with Crippen LogP contribution in [0.5, 0.6) is 0 Å². The summed E-state index contributed by atoms with van der Waals surface area (Å²) in [6.45, 7) is 5.98. The summed E-state index contributed by atoms with van der Waals surface area (Å²) in [5, 5.41) is 0.121. The van der Waals surface area contributed by atoms with Gasteiger partial charge in [0.2, 0.25) is 5.12 Å².